The highest BCUT2D eigenvalue weighted by Gasteiger charge is 2.05. The molecule has 0 saturated carbocycles. The largest absolute Gasteiger partial charge is 0.506 e. The third-order valence-electron chi connectivity index (χ3n) is 1.91. The Morgan fingerprint density at radius 2 is 2.24 bits per heavy atom. The molecule has 0 bridgehead atoms. The predicted molar refractivity (Wildman–Crippen MR) is 68.5 cm³/mol. The molecule has 5 nitrogen and oxygen atoms in total. The Morgan fingerprint density at radius 1 is 1.47 bits per heavy atom. The highest BCUT2D eigenvalue weighted by atomic mass is 35.5. The van der Waals surface area contributed by atoms with E-state index in [2.05, 4.69) is 15.3 Å². The molecule has 17 heavy (non-hydrogen) atoms. The molecule has 88 valence electrons. The van der Waals surface area contributed by atoms with Crippen molar-refractivity contribution in [2.75, 3.05) is 0 Å². The van der Waals surface area contributed by atoms with Crippen LogP contribution in [0.4, 0.5) is 0 Å². The van der Waals surface area contributed by atoms with Crippen LogP contribution in [0.5, 0.6) is 5.75 Å². The maximum absolute atomic E-state index is 9.68. The van der Waals surface area contributed by atoms with Gasteiger partial charge in [0.15, 0.2) is 0 Å². The van der Waals surface area contributed by atoms with E-state index in [1.807, 2.05) is 0 Å². The van der Waals surface area contributed by atoms with Crippen molar-refractivity contribution < 1.29 is 5.11 Å². The topological polar surface area (TPSA) is 66.2 Å². The fourth-order valence-corrected chi connectivity index (χ4v) is 1.79. The summed E-state index contributed by atoms with van der Waals surface area (Å²) in [6.07, 6.45) is 2.79. The minimum absolute atomic E-state index is 0.0881. The minimum Gasteiger partial charge on any atom is -0.506 e. The molecule has 2 N–H and O–H groups in total. The molecule has 0 unspecified atom stereocenters. The quantitative estimate of drug-likeness (QED) is 0.660. The van der Waals surface area contributed by atoms with Gasteiger partial charge >= 0.3 is 0 Å². The summed E-state index contributed by atoms with van der Waals surface area (Å²) in [6.45, 7) is 0. The number of hydrogen-bond donors (Lipinski definition) is 2. The number of aromatic hydroxyl groups is 1. The van der Waals surface area contributed by atoms with Crippen LogP contribution < -0.4 is 0 Å². The Kier molecular flexibility index (Phi) is 3.46. The smallest absolute Gasteiger partial charge is 0.216 e. The van der Waals surface area contributed by atoms with E-state index in [1.165, 1.54) is 29.4 Å². The van der Waals surface area contributed by atoms with Crippen molar-refractivity contribution in [2.45, 2.75) is 0 Å². The molecule has 0 saturated heterocycles. The van der Waals surface area contributed by atoms with E-state index in [1.54, 1.807) is 0 Å². The van der Waals surface area contributed by atoms with E-state index in [0.29, 0.717) is 15.4 Å². The number of halogens is 2. The van der Waals surface area contributed by atoms with Crippen LogP contribution in [-0.4, -0.2) is 26.2 Å². The summed E-state index contributed by atoms with van der Waals surface area (Å²) >= 11 is 16.5. The van der Waals surface area contributed by atoms with Gasteiger partial charge in [-0.25, -0.2) is 0 Å². The number of aromatic nitrogens is 3. The Hall–Kier alpha value is -1.37. The van der Waals surface area contributed by atoms with Gasteiger partial charge in [-0.1, -0.05) is 23.2 Å². The minimum atomic E-state index is -0.0881. The summed E-state index contributed by atoms with van der Waals surface area (Å²) in [6, 6.07) is 2.98. The highest BCUT2D eigenvalue weighted by Crippen LogP contribution is 2.29. The highest BCUT2D eigenvalue weighted by molar-refractivity contribution is 7.71. The molecule has 1 heterocycles. The Morgan fingerprint density at radius 3 is 2.88 bits per heavy atom. The summed E-state index contributed by atoms with van der Waals surface area (Å²) in [5, 5.41) is 20.5. The van der Waals surface area contributed by atoms with Crippen molar-refractivity contribution in [3.63, 3.8) is 0 Å². The van der Waals surface area contributed by atoms with Crippen LogP contribution in [0.15, 0.2) is 23.6 Å². The van der Waals surface area contributed by atoms with Gasteiger partial charge in [0.25, 0.3) is 0 Å². The second-order valence-corrected chi connectivity index (χ2v) is 4.31. The fraction of sp³-hybridized carbons (Fsp3) is 0. The van der Waals surface area contributed by atoms with Crippen molar-refractivity contribution in [3.8, 4) is 5.75 Å². The number of rotatable bonds is 2. The predicted octanol–water partition coefficient (Wildman–Crippen LogP) is 2.84. The number of nitrogens with zero attached hydrogens (tertiary/aromatic N) is 3. The molecule has 8 heteroatoms. The van der Waals surface area contributed by atoms with Gasteiger partial charge in [0, 0.05) is 10.6 Å². The van der Waals surface area contributed by atoms with E-state index in [0.717, 1.165) is 0 Å². The Balaban J connectivity index is 2.40. The lowest BCUT2D eigenvalue weighted by atomic mass is 10.2. The summed E-state index contributed by atoms with van der Waals surface area (Å²) in [4.78, 5) is 0. The van der Waals surface area contributed by atoms with Gasteiger partial charge in [0.2, 0.25) is 4.77 Å². The number of aromatic amines is 1. The second-order valence-electron chi connectivity index (χ2n) is 3.08. The molecular weight excluding hydrogens is 283 g/mol. The second kappa shape index (κ2) is 4.87. The average molecular weight is 289 g/mol. The van der Waals surface area contributed by atoms with Crippen molar-refractivity contribution >= 4 is 41.6 Å². The van der Waals surface area contributed by atoms with Crippen LogP contribution in [0, 0.1) is 4.77 Å². The molecule has 0 aliphatic rings. The fourth-order valence-electron chi connectivity index (χ4n) is 1.13. The van der Waals surface area contributed by atoms with Gasteiger partial charge in [0.1, 0.15) is 12.1 Å². The molecule has 0 atom stereocenters. The van der Waals surface area contributed by atoms with Crippen LogP contribution in [0.1, 0.15) is 5.56 Å². The third-order valence-corrected chi connectivity index (χ3v) is 2.70. The monoisotopic (exact) mass is 288 g/mol. The van der Waals surface area contributed by atoms with Gasteiger partial charge < -0.3 is 5.11 Å². The maximum Gasteiger partial charge on any atom is 0.216 e. The first kappa shape index (κ1) is 12.1. The molecular formula is C9H6Cl2N4OS. The first-order valence-corrected chi connectivity index (χ1v) is 5.59. The first-order valence-electron chi connectivity index (χ1n) is 4.42. The van der Waals surface area contributed by atoms with E-state index in [9.17, 15) is 5.11 Å². The van der Waals surface area contributed by atoms with Crippen molar-refractivity contribution in [1.82, 2.24) is 14.9 Å². The normalized spacial score (nSPS) is 11.2. The first-order chi connectivity index (χ1) is 8.08. The lowest BCUT2D eigenvalue weighted by Crippen LogP contribution is -1.90. The van der Waals surface area contributed by atoms with Crippen molar-refractivity contribution in [3.05, 3.63) is 38.8 Å². The Bertz CT molecular complexity index is 634. The van der Waals surface area contributed by atoms with Gasteiger partial charge in [0.05, 0.1) is 11.2 Å². The molecule has 0 aliphatic heterocycles. The van der Waals surface area contributed by atoms with Crippen LogP contribution in [-0.2, 0) is 0 Å². The molecule has 0 amide bonds. The van der Waals surface area contributed by atoms with Gasteiger partial charge in [-0.05, 0) is 24.4 Å². The maximum atomic E-state index is 9.68. The summed E-state index contributed by atoms with van der Waals surface area (Å²) in [7, 11) is 0. The van der Waals surface area contributed by atoms with E-state index in [4.69, 9.17) is 35.4 Å². The SMILES string of the molecule is Oc1c(Cl)cc(Cl)cc1C=Nn1cn[nH]c1=S. The molecule has 0 spiro atoms. The van der Waals surface area contributed by atoms with E-state index >= 15 is 0 Å². The standard InChI is InChI=1S/C9H6Cl2N4OS/c10-6-1-5(8(16)7(11)2-6)3-13-15-4-12-14-9(15)17/h1-4,16H,(H,14,17). The van der Waals surface area contributed by atoms with Gasteiger partial charge in [-0.3, -0.25) is 5.10 Å². The summed E-state index contributed by atoms with van der Waals surface area (Å²) in [5.41, 5.74) is 0.394. The van der Waals surface area contributed by atoms with Crippen LogP contribution in [0.3, 0.4) is 0 Å². The summed E-state index contributed by atoms with van der Waals surface area (Å²) in [5.74, 6) is -0.0881. The zero-order chi connectivity index (χ0) is 12.4. The molecule has 0 radical (unpaired) electrons. The molecule has 2 rings (SSSR count). The molecule has 0 fully saturated rings. The number of benzene rings is 1. The van der Waals surface area contributed by atoms with Gasteiger partial charge in [-0.2, -0.15) is 14.9 Å². The molecule has 0 aliphatic carbocycles. The number of H-pyrrole nitrogens is 1. The van der Waals surface area contributed by atoms with E-state index < -0.39 is 0 Å². The number of hydrogen-bond acceptors (Lipinski definition) is 4. The lowest BCUT2D eigenvalue weighted by Gasteiger charge is -2.01. The number of phenols is 1. The molecule has 1 aromatic heterocycles. The van der Waals surface area contributed by atoms with Crippen LogP contribution >= 0.6 is 35.4 Å². The summed E-state index contributed by atoms with van der Waals surface area (Å²) < 4.78 is 1.68. The van der Waals surface area contributed by atoms with Crippen LogP contribution in [0.25, 0.3) is 0 Å². The van der Waals surface area contributed by atoms with E-state index in [-0.39, 0.29) is 10.8 Å². The molecule has 2 aromatic rings. The third kappa shape index (κ3) is 2.66. The average Bonchev–Trinajstić information content (AvgIpc) is 2.67. The Labute approximate surface area is 111 Å². The van der Waals surface area contributed by atoms with Crippen LogP contribution in [0.2, 0.25) is 10.0 Å². The molecule has 1 aromatic carbocycles. The zero-order valence-corrected chi connectivity index (χ0v) is 10.6. The van der Waals surface area contributed by atoms with Gasteiger partial charge in [-0.15, -0.1) is 0 Å². The lowest BCUT2D eigenvalue weighted by molar-refractivity contribution is 0.474. The number of phenolic OH excluding ortho intramolecular Hbond substituents is 1. The van der Waals surface area contributed by atoms with Crippen molar-refractivity contribution in [2.24, 2.45) is 5.10 Å². The van der Waals surface area contributed by atoms with Crippen molar-refractivity contribution in [1.29, 1.82) is 0 Å². The zero-order valence-electron chi connectivity index (χ0n) is 8.26. The number of nitrogens with one attached hydrogen (secondary N) is 1.